The van der Waals surface area contributed by atoms with Gasteiger partial charge in [0.25, 0.3) is 0 Å². The van der Waals surface area contributed by atoms with E-state index >= 15 is 0 Å². The van der Waals surface area contributed by atoms with Gasteiger partial charge in [-0.1, -0.05) is 55.3 Å². The van der Waals surface area contributed by atoms with Gasteiger partial charge in [-0.15, -0.1) is 0 Å². The summed E-state index contributed by atoms with van der Waals surface area (Å²) in [5, 5.41) is 6.21. The van der Waals surface area contributed by atoms with E-state index in [4.69, 9.17) is 4.74 Å². The van der Waals surface area contributed by atoms with E-state index in [1.165, 1.54) is 42.0 Å². The van der Waals surface area contributed by atoms with Gasteiger partial charge in [-0.25, -0.2) is 0 Å². The molecule has 0 radical (unpaired) electrons. The van der Waals surface area contributed by atoms with Crippen LogP contribution in [-0.2, 0) is 11.2 Å². The average Bonchev–Trinajstić information content (AvgIpc) is 3.02. The summed E-state index contributed by atoms with van der Waals surface area (Å²) in [5.74, 6) is 0. The van der Waals surface area contributed by atoms with Crippen molar-refractivity contribution < 1.29 is 4.74 Å². The van der Waals surface area contributed by atoms with Crippen LogP contribution in [0.4, 0.5) is 0 Å². The van der Waals surface area contributed by atoms with Crippen LogP contribution in [-0.4, -0.2) is 25.8 Å². The minimum absolute atomic E-state index is 0.00565. The Morgan fingerprint density at radius 1 is 1.10 bits per heavy atom. The van der Waals surface area contributed by atoms with E-state index in [2.05, 4.69) is 54.8 Å². The molecule has 0 bridgehead atoms. The molecule has 1 atom stereocenters. The number of rotatable bonds is 5. The highest BCUT2D eigenvalue weighted by atomic mass is 16.5. The summed E-state index contributed by atoms with van der Waals surface area (Å²) >= 11 is 0. The zero-order valence-electron chi connectivity index (χ0n) is 13.1. The van der Waals surface area contributed by atoms with Crippen LogP contribution < -0.4 is 5.32 Å². The number of likely N-dealkylation sites (N-methyl/N-ethyl adjacent to an activating group) is 1. The highest BCUT2D eigenvalue weighted by molar-refractivity contribution is 5.85. The molecule has 0 saturated heterocycles. The maximum atomic E-state index is 5.97. The molecule has 0 spiro atoms. The lowest BCUT2D eigenvalue weighted by Crippen LogP contribution is -2.50. The number of nitrogens with one attached hydrogen (secondary N) is 1. The van der Waals surface area contributed by atoms with Crippen molar-refractivity contribution in [3.8, 4) is 0 Å². The third-order valence-electron chi connectivity index (χ3n) is 5.14. The summed E-state index contributed by atoms with van der Waals surface area (Å²) in [6, 6.07) is 15.6. The summed E-state index contributed by atoms with van der Waals surface area (Å²) in [4.78, 5) is 0. The molecule has 112 valence electrons. The van der Waals surface area contributed by atoms with E-state index in [1.54, 1.807) is 0 Å². The van der Waals surface area contributed by atoms with Gasteiger partial charge in [-0.2, -0.15) is 0 Å². The fourth-order valence-electron chi connectivity index (χ4n) is 3.91. The second kappa shape index (κ2) is 6.17. The second-order valence-electron chi connectivity index (χ2n) is 6.16. The minimum Gasteiger partial charge on any atom is -0.377 e. The summed E-state index contributed by atoms with van der Waals surface area (Å²) < 4.78 is 5.97. The lowest BCUT2D eigenvalue weighted by Gasteiger charge is -2.36. The molecule has 1 aliphatic rings. The van der Waals surface area contributed by atoms with Gasteiger partial charge < -0.3 is 10.1 Å². The monoisotopic (exact) mass is 283 g/mol. The number of ether oxygens (including phenoxy) is 1. The molecule has 1 fully saturated rings. The van der Waals surface area contributed by atoms with Crippen molar-refractivity contribution in [1.29, 1.82) is 0 Å². The molecule has 0 heterocycles. The topological polar surface area (TPSA) is 21.3 Å². The summed E-state index contributed by atoms with van der Waals surface area (Å²) in [6.45, 7) is 0. The predicted octanol–water partition coefficient (Wildman–Crippen LogP) is 3.93. The molecule has 21 heavy (non-hydrogen) atoms. The van der Waals surface area contributed by atoms with Crippen LogP contribution in [0, 0.1) is 0 Å². The van der Waals surface area contributed by atoms with Crippen molar-refractivity contribution in [2.45, 2.75) is 43.7 Å². The highest BCUT2D eigenvalue weighted by Gasteiger charge is 2.40. The maximum absolute atomic E-state index is 5.97. The van der Waals surface area contributed by atoms with Gasteiger partial charge in [-0.05, 0) is 42.6 Å². The molecule has 2 heteroatoms. The first kappa shape index (κ1) is 14.6. The van der Waals surface area contributed by atoms with Crippen LogP contribution in [0.25, 0.3) is 10.8 Å². The fraction of sp³-hybridized carbons (Fsp3) is 0.474. The fourth-order valence-corrected chi connectivity index (χ4v) is 3.91. The number of benzene rings is 2. The van der Waals surface area contributed by atoms with E-state index in [9.17, 15) is 0 Å². The van der Waals surface area contributed by atoms with E-state index in [-0.39, 0.29) is 5.60 Å². The van der Waals surface area contributed by atoms with Crippen molar-refractivity contribution in [2.75, 3.05) is 14.2 Å². The van der Waals surface area contributed by atoms with Gasteiger partial charge in [0.05, 0.1) is 5.60 Å². The Morgan fingerprint density at radius 2 is 1.81 bits per heavy atom. The smallest absolute Gasteiger partial charge is 0.0834 e. The molecule has 0 amide bonds. The van der Waals surface area contributed by atoms with E-state index < -0.39 is 0 Å². The molecule has 2 aromatic carbocycles. The van der Waals surface area contributed by atoms with Gasteiger partial charge in [0.15, 0.2) is 0 Å². The van der Waals surface area contributed by atoms with Crippen molar-refractivity contribution in [3.63, 3.8) is 0 Å². The van der Waals surface area contributed by atoms with Gasteiger partial charge in [0.1, 0.15) is 0 Å². The summed E-state index contributed by atoms with van der Waals surface area (Å²) in [5.41, 5.74) is 1.42. The van der Waals surface area contributed by atoms with Gasteiger partial charge in [0.2, 0.25) is 0 Å². The SMILES string of the molecule is CNC(Cc1cccc2ccccc12)C1(OC)CCCC1. The highest BCUT2D eigenvalue weighted by Crippen LogP contribution is 2.37. The molecule has 1 N–H and O–H groups in total. The van der Waals surface area contributed by atoms with Crippen LogP contribution in [0.15, 0.2) is 42.5 Å². The number of hydrogen-bond acceptors (Lipinski definition) is 2. The third kappa shape index (κ3) is 2.70. The largest absolute Gasteiger partial charge is 0.377 e. The van der Waals surface area contributed by atoms with Crippen LogP contribution in [0.3, 0.4) is 0 Å². The maximum Gasteiger partial charge on any atom is 0.0834 e. The molecule has 0 aliphatic heterocycles. The van der Waals surface area contributed by atoms with Gasteiger partial charge in [-0.3, -0.25) is 0 Å². The standard InChI is InChI=1S/C19H25NO/c1-20-18(19(21-2)12-5-6-13-19)14-16-10-7-9-15-8-3-4-11-17(15)16/h3-4,7-11,18,20H,5-6,12-14H2,1-2H3. The molecule has 1 unspecified atom stereocenters. The third-order valence-corrected chi connectivity index (χ3v) is 5.14. The van der Waals surface area contributed by atoms with Crippen LogP contribution in [0.1, 0.15) is 31.2 Å². The molecule has 1 aliphatic carbocycles. The first-order valence-electron chi connectivity index (χ1n) is 7.98. The Kier molecular flexibility index (Phi) is 4.27. The first-order valence-corrected chi connectivity index (χ1v) is 7.98. The lowest BCUT2D eigenvalue weighted by molar-refractivity contribution is -0.0335. The molecule has 3 rings (SSSR count). The Labute approximate surface area is 127 Å². The number of hydrogen-bond donors (Lipinski definition) is 1. The molecule has 1 saturated carbocycles. The predicted molar refractivity (Wildman–Crippen MR) is 88.7 cm³/mol. The Balaban J connectivity index is 1.92. The zero-order valence-corrected chi connectivity index (χ0v) is 13.1. The zero-order chi connectivity index (χ0) is 14.7. The second-order valence-corrected chi connectivity index (χ2v) is 6.16. The summed E-state index contributed by atoms with van der Waals surface area (Å²) in [6.07, 6.45) is 5.91. The van der Waals surface area contributed by atoms with Crippen molar-refractivity contribution in [3.05, 3.63) is 48.0 Å². The van der Waals surface area contributed by atoms with Gasteiger partial charge >= 0.3 is 0 Å². The first-order chi connectivity index (χ1) is 10.3. The molecule has 2 nitrogen and oxygen atoms in total. The van der Waals surface area contributed by atoms with E-state index in [0.29, 0.717) is 6.04 Å². The quantitative estimate of drug-likeness (QED) is 0.897. The normalized spacial score (nSPS) is 19.0. The van der Waals surface area contributed by atoms with Crippen molar-refractivity contribution in [2.24, 2.45) is 0 Å². The van der Waals surface area contributed by atoms with Crippen LogP contribution in [0.2, 0.25) is 0 Å². The molecule has 2 aromatic rings. The Hall–Kier alpha value is -1.38. The number of fused-ring (bicyclic) bond motifs is 1. The van der Waals surface area contributed by atoms with Crippen LogP contribution in [0.5, 0.6) is 0 Å². The van der Waals surface area contributed by atoms with Crippen LogP contribution >= 0.6 is 0 Å². The lowest BCUT2D eigenvalue weighted by atomic mass is 9.86. The minimum atomic E-state index is 0.00565. The van der Waals surface area contributed by atoms with Gasteiger partial charge in [0, 0.05) is 13.2 Å². The molecule has 0 aromatic heterocycles. The van der Waals surface area contributed by atoms with Crippen molar-refractivity contribution in [1.82, 2.24) is 5.32 Å². The summed E-state index contributed by atoms with van der Waals surface area (Å²) in [7, 11) is 3.94. The molecular weight excluding hydrogens is 258 g/mol. The Bertz CT molecular complexity index is 596. The molecular formula is C19H25NO. The van der Waals surface area contributed by atoms with Crippen molar-refractivity contribution >= 4 is 10.8 Å². The Morgan fingerprint density at radius 3 is 2.52 bits per heavy atom. The van der Waals surface area contributed by atoms with E-state index in [1.807, 2.05) is 7.11 Å². The average molecular weight is 283 g/mol. The van der Waals surface area contributed by atoms with E-state index in [0.717, 1.165) is 6.42 Å². The number of methoxy groups -OCH3 is 1.